The molecule has 0 radical (unpaired) electrons. The van der Waals surface area contributed by atoms with Crippen molar-refractivity contribution in [1.29, 1.82) is 0 Å². The van der Waals surface area contributed by atoms with Gasteiger partial charge in [0.15, 0.2) is 0 Å². The lowest BCUT2D eigenvalue weighted by Crippen LogP contribution is -2.53. The Kier molecular flexibility index (Phi) is 4.74. The lowest BCUT2D eigenvalue weighted by Gasteiger charge is -2.24. The zero-order chi connectivity index (χ0) is 19.1. The first-order chi connectivity index (χ1) is 12.9. The second kappa shape index (κ2) is 7.05. The minimum absolute atomic E-state index is 0.0721. The third-order valence-electron chi connectivity index (χ3n) is 5.76. The van der Waals surface area contributed by atoms with E-state index >= 15 is 0 Å². The molecule has 2 bridgehead atoms. The third-order valence-corrected chi connectivity index (χ3v) is 5.76. The van der Waals surface area contributed by atoms with E-state index in [9.17, 15) is 9.18 Å². The third kappa shape index (κ3) is 3.61. The number of carbonyl (C=O) groups excluding carboxylic acids is 1. The molecule has 1 amide bonds. The Morgan fingerprint density at radius 1 is 1.44 bits per heavy atom. The molecular formula is C20H26FN5O. The maximum atomic E-state index is 14.6. The molecule has 27 heavy (non-hydrogen) atoms. The van der Waals surface area contributed by atoms with Gasteiger partial charge in [-0.25, -0.2) is 4.39 Å². The van der Waals surface area contributed by atoms with E-state index in [-0.39, 0.29) is 24.2 Å². The summed E-state index contributed by atoms with van der Waals surface area (Å²) in [5, 5.41) is 10.5. The van der Waals surface area contributed by atoms with Gasteiger partial charge < -0.3 is 16.4 Å². The summed E-state index contributed by atoms with van der Waals surface area (Å²) in [6, 6.07) is 7.31. The lowest BCUT2D eigenvalue weighted by atomic mass is 9.99. The Labute approximate surface area is 158 Å². The van der Waals surface area contributed by atoms with Crippen molar-refractivity contribution >= 4 is 5.91 Å². The van der Waals surface area contributed by atoms with Gasteiger partial charge in [-0.3, -0.25) is 9.48 Å². The van der Waals surface area contributed by atoms with E-state index in [0.717, 1.165) is 36.2 Å². The molecule has 2 aromatic rings. The summed E-state index contributed by atoms with van der Waals surface area (Å²) in [5.41, 5.74) is 9.08. The zero-order valence-electron chi connectivity index (χ0n) is 15.7. The van der Waals surface area contributed by atoms with Gasteiger partial charge >= 0.3 is 0 Å². The molecule has 4 N–H and O–H groups in total. The average molecular weight is 371 g/mol. The molecule has 144 valence electrons. The molecule has 1 aliphatic heterocycles. The second-order valence-corrected chi connectivity index (χ2v) is 7.83. The average Bonchev–Trinajstić information content (AvgIpc) is 3.32. The van der Waals surface area contributed by atoms with Crippen LogP contribution in [0, 0.1) is 18.7 Å². The highest BCUT2D eigenvalue weighted by Crippen LogP contribution is 2.35. The molecule has 2 aliphatic rings. The van der Waals surface area contributed by atoms with Crippen molar-refractivity contribution in [2.75, 3.05) is 0 Å². The molecule has 2 fully saturated rings. The number of amides is 1. The van der Waals surface area contributed by atoms with Crippen molar-refractivity contribution in [1.82, 2.24) is 20.4 Å². The molecule has 4 rings (SSSR count). The van der Waals surface area contributed by atoms with Gasteiger partial charge in [0.1, 0.15) is 5.82 Å². The number of halogens is 1. The van der Waals surface area contributed by atoms with Gasteiger partial charge in [0.05, 0.1) is 23.6 Å². The number of aromatic nitrogens is 2. The van der Waals surface area contributed by atoms with Crippen LogP contribution in [0.15, 0.2) is 24.3 Å². The number of nitrogens with one attached hydrogen (secondary N) is 2. The normalized spacial score (nSPS) is 25.0. The van der Waals surface area contributed by atoms with Gasteiger partial charge in [0, 0.05) is 25.1 Å². The number of nitrogens with two attached hydrogens (primary N) is 1. The highest BCUT2D eigenvalue weighted by atomic mass is 19.1. The summed E-state index contributed by atoms with van der Waals surface area (Å²) in [6.07, 6.45) is 2.95. The van der Waals surface area contributed by atoms with Crippen molar-refractivity contribution in [2.24, 2.45) is 18.7 Å². The molecule has 1 saturated heterocycles. The van der Waals surface area contributed by atoms with Crippen LogP contribution in [-0.2, 0) is 18.3 Å². The van der Waals surface area contributed by atoms with Gasteiger partial charge in [-0.1, -0.05) is 12.1 Å². The first-order valence-electron chi connectivity index (χ1n) is 9.52. The molecule has 2 heterocycles. The summed E-state index contributed by atoms with van der Waals surface area (Å²) < 4.78 is 16.3. The number of nitrogens with zero attached hydrogens (tertiary/aromatic N) is 2. The van der Waals surface area contributed by atoms with Gasteiger partial charge in [-0.05, 0) is 49.8 Å². The van der Waals surface area contributed by atoms with E-state index in [0.29, 0.717) is 17.5 Å². The van der Waals surface area contributed by atoms with E-state index < -0.39 is 6.17 Å². The standard InChI is InChI=1S/C20H26FN5O/c1-11-7-17(26(2)25-11)13-4-3-12(16(21)9-13)10-18(22)24-20(27)19-14-5-6-15(8-14)23-19/h3-4,7,9,14-15,18-19,23H,5-6,8,10,22H2,1-2H3,(H,24,27)/t14-,15+,18-,19-/m0/s1. The maximum Gasteiger partial charge on any atom is 0.238 e. The van der Waals surface area contributed by atoms with Gasteiger partial charge in [-0.2, -0.15) is 5.10 Å². The number of benzene rings is 1. The fourth-order valence-corrected chi connectivity index (χ4v) is 4.46. The molecule has 1 aliphatic carbocycles. The van der Waals surface area contributed by atoms with Gasteiger partial charge in [0.2, 0.25) is 5.91 Å². The molecule has 6 nitrogen and oxygen atoms in total. The van der Waals surface area contributed by atoms with E-state index in [1.165, 1.54) is 6.07 Å². The maximum absolute atomic E-state index is 14.6. The zero-order valence-corrected chi connectivity index (χ0v) is 15.7. The van der Waals surface area contributed by atoms with E-state index in [2.05, 4.69) is 15.7 Å². The summed E-state index contributed by atoms with van der Waals surface area (Å²) in [5.74, 6) is 0.00626. The number of piperidine rings is 1. The van der Waals surface area contributed by atoms with Crippen LogP contribution >= 0.6 is 0 Å². The number of hydrogen-bond donors (Lipinski definition) is 3. The molecule has 4 atom stereocenters. The van der Waals surface area contributed by atoms with E-state index in [4.69, 9.17) is 5.73 Å². The van der Waals surface area contributed by atoms with Crippen molar-refractivity contribution in [2.45, 2.75) is 50.9 Å². The van der Waals surface area contributed by atoms with Crippen molar-refractivity contribution in [3.05, 3.63) is 41.3 Å². The molecule has 1 aromatic heterocycles. The first kappa shape index (κ1) is 18.1. The fraction of sp³-hybridized carbons (Fsp3) is 0.500. The topological polar surface area (TPSA) is 85.0 Å². The monoisotopic (exact) mass is 371 g/mol. The van der Waals surface area contributed by atoms with Crippen molar-refractivity contribution < 1.29 is 9.18 Å². The Morgan fingerprint density at radius 2 is 2.26 bits per heavy atom. The molecule has 0 spiro atoms. The Balaban J connectivity index is 1.40. The van der Waals surface area contributed by atoms with Crippen LogP contribution in [0.5, 0.6) is 0 Å². The number of rotatable bonds is 5. The number of aryl methyl sites for hydroxylation is 2. The Bertz CT molecular complexity index is 864. The predicted octanol–water partition coefficient (Wildman–Crippen LogP) is 1.62. The van der Waals surface area contributed by atoms with Crippen LogP contribution in [0.4, 0.5) is 4.39 Å². The van der Waals surface area contributed by atoms with Crippen molar-refractivity contribution in [3.63, 3.8) is 0 Å². The van der Waals surface area contributed by atoms with Crippen LogP contribution in [-0.4, -0.2) is 33.9 Å². The summed E-state index contributed by atoms with van der Waals surface area (Å²) in [4.78, 5) is 12.4. The van der Waals surface area contributed by atoms with Crippen LogP contribution in [0.25, 0.3) is 11.3 Å². The number of hydrogen-bond acceptors (Lipinski definition) is 4. The molecule has 1 aromatic carbocycles. The highest BCUT2D eigenvalue weighted by Gasteiger charge is 2.42. The quantitative estimate of drug-likeness (QED) is 0.698. The van der Waals surface area contributed by atoms with Crippen LogP contribution in [0.1, 0.15) is 30.5 Å². The van der Waals surface area contributed by atoms with Gasteiger partial charge in [0.25, 0.3) is 0 Å². The van der Waals surface area contributed by atoms with Gasteiger partial charge in [-0.15, -0.1) is 0 Å². The predicted molar refractivity (Wildman–Crippen MR) is 101 cm³/mol. The van der Waals surface area contributed by atoms with Crippen LogP contribution in [0.3, 0.4) is 0 Å². The van der Waals surface area contributed by atoms with Crippen LogP contribution < -0.4 is 16.4 Å². The summed E-state index contributed by atoms with van der Waals surface area (Å²) >= 11 is 0. The molecule has 0 unspecified atom stereocenters. The van der Waals surface area contributed by atoms with E-state index in [1.807, 2.05) is 26.1 Å². The number of fused-ring (bicyclic) bond motifs is 2. The highest BCUT2D eigenvalue weighted by molar-refractivity contribution is 5.83. The minimum atomic E-state index is -0.613. The summed E-state index contributed by atoms with van der Waals surface area (Å²) in [7, 11) is 1.84. The SMILES string of the molecule is Cc1cc(-c2ccc(C[C@@H](N)NC(=O)[C@H]3N[C@@H]4CC[C@H]3C4)c(F)c2)n(C)n1. The Hall–Kier alpha value is -2.25. The molecule has 7 heteroatoms. The van der Waals surface area contributed by atoms with E-state index in [1.54, 1.807) is 10.7 Å². The smallest absolute Gasteiger partial charge is 0.238 e. The second-order valence-electron chi connectivity index (χ2n) is 7.83. The molecule has 1 saturated carbocycles. The largest absolute Gasteiger partial charge is 0.339 e. The fourth-order valence-electron chi connectivity index (χ4n) is 4.46. The Morgan fingerprint density at radius 3 is 2.85 bits per heavy atom. The number of carbonyl (C=O) groups is 1. The first-order valence-corrected chi connectivity index (χ1v) is 9.52. The van der Waals surface area contributed by atoms with Crippen molar-refractivity contribution in [3.8, 4) is 11.3 Å². The van der Waals surface area contributed by atoms with Crippen LogP contribution in [0.2, 0.25) is 0 Å². The molecular weight excluding hydrogens is 345 g/mol. The lowest BCUT2D eigenvalue weighted by molar-refractivity contribution is -0.124. The summed E-state index contributed by atoms with van der Waals surface area (Å²) in [6.45, 7) is 1.90. The minimum Gasteiger partial charge on any atom is -0.339 e.